The van der Waals surface area contributed by atoms with Crippen LogP contribution < -0.4 is 5.32 Å². The fourth-order valence-corrected chi connectivity index (χ4v) is 0.894. The third-order valence-corrected chi connectivity index (χ3v) is 1.56. The van der Waals surface area contributed by atoms with Gasteiger partial charge in [0.25, 0.3) is 0 Å². The molecule has 1 nitrogen and oxygen atoms in total. The maximum absolute atomic E-state index is 12.9. The number of nitrogens with one attached hydrogen (secondary N) is 1. The van der Waals surface area contributed by atoms with Crippen LogP contribution in [0.25, 0.3) is 0 Å². The first-order valence-electron chi connectivity index (χ1n) is 4.21. The summed E-state index contributed by atoms with van der Waals surface area (Å²) in [5.41, 5.74) is 0.301. The first kappa shape index (κ1) is 13.6. The Morgan fingerprint density at radius 1 is 1.36 bits per heavy atom. The quantitative estimate of drug-likeness (QED) is 0.624. The van der Waals surface area contributed by atoms with Crippen LogP contribution in [-0.2, 0) is 21.7 Å². The van der Waals surface area contributed by atoms with Crippen molar-refractivity contribution in [3.8, 4) is 0 Å². The first-order chi connectivity index (χ1) is 6.09. The Morgan fingerprint density at radius 2 is 2.00 bits per heavy atom. The first-order valence-corrected chi connectivity index (χ1v) is 4.21. The molecule has 0 saturated heterocycles. The van der Waals surface area contributed by atoms with E-state index < -0.39 is 11.6 Å². The Morgan fingerprint density at radius 3 is 2.50 bits per heavy atom. The summed E-state index contributed by atoms with van der Waals surface area (Å²) in [6.45, 7) is 4.69. The number of rotatable bonds is 3. The van der Waals surface area contributed by atoms with E-state index in [-0.39, 0.29) is 21.7 Å². The molecule has 1 N–H and O–H groups in total. The van der Waals surface area contributed by atoms with Gasteiger partial charge in [0, 0.05) is 39.9 Å². The zero-order valence-corrected chi connectivity index (χ0v) is 9.76. The average Bonchev–Trinajstić information content (AvgIpc) is 2.02. The predicted molar refractivity (Wildman–Crippen MR) is 48.5 cm³/mol. The third-order valence-electron chi connectivity index (χ3n) is 1.56. The van der Waals surface area contributed by atoms with Gasteiger partial charge in [-0.1, -0.05) is 13.8 Å². The van der Waals surface area contributed by atoms with Crippen LogP contribution >= 0.6 is 0 Å². The second-order valence-electron chi connectivity index (χ2n) is 3.31. The molecule has 0 spiro atoms. The topological polar surface area (TPSA) is 12.0 Å². The fraction of sp³-hybridized carbons (Fsp3) is 0.400. The Balaban J connectivity index is 0.00000169. The van der Waals surface area contributed by atoms with E-state index in [9.17, 15) is 8.78 Å². The molecule has 4 heteroatoms. The number of benzene rings is 1. The van der Waals surface area contributed by atoms with E-state index >= 15 is 0 Å². The Labute approximate surface area is 97.8 Å². The third kappa shape index (κ3) is 4.20. The molecule has 0 saturated carbocycles. The minimum atomic E-state index is -0.674. The van der Waals surface area contributed by atoms with Crippen LogP contribution in [0.2, 0.25) is 0 Å². The molecule has 76 valence electrons. The van der Waals surface area contributed by atoms with E-state index in [0.717, 1.165) is 0 Å². The summed E-state index contributed by atoms with van der Waals surface area (Å²) in [6, 6.07) is 4.53. The van der Waals surface area contributed by atoms with Gasteiger partial charge in [0.15, 0.2) is 0 Å². The van der Waals surface area contributed by atoms with Crippen molar-refractivity contribution in [2.45, 2.75) is 13.8 Å². The van der Waals surface area contributed by atoms with E-state index in [1.54, 1.807) is 0 Å². The molecule has 14 heavy (non-hydrogen) atoms. The largest absolute Gasteiger partial charge is 0.434 e. The van der Waals surface area contributed by atoms with Crippen LogP contribution in [0.15, 0.2) is 12.1 Å². The van der Waals surface area contributed by atoms with Crippen LogP contribution in [0.4, 0.5) is 14.5 Å². The van der Waals surface area contributed by atoms with Crippen molar-refractivity contribution in [3.05, 3.63) is 29.8 Å². The SMILES string of the molecule is CC(C)CNc1ccc(F)[c-]c1F.[Ti]. The molecule has 0 bridgehead atoms. The molecule has 0 unspecified atom stereocenters. The minimum Gasteiger partial charge on any atom is -0.434 e. The predicted octanol–water partition coefficient (Wildman–Crippen LogP) is 2.83. The van der Waals surface area contributed by atoms with E-state index in [1.165, 1.54) is 12.1 Å². The normalized spacial score (nSPS) is 9.79. The van der Waals surface area contributed by atoms with Crippen LogP contribution in [-0.4, -0.2) is 6.54 Å². The Hall–Kier alpha value is -0.406. The molecule has 0 radical (unpaired) electrons. The second-order valence-corrected chi connectivity index (χ2v) is 3.31. The summed E-state index contributed by atoms with van der Waals surface area (Å²) in [7, 11) is 0. The number of anilines is 1. The Kier molecular flexibility index (Phi) is 5.97. The van der Waals surface area contributed by atoms with Crippen molar-refractivity contribution in [1.82, 2.24) is 0 Å². The van der Waals surface area contributed by atoms with Crippen LogP contribution in [0.3, 0.4) is 0 Å². The van der Waals surface area contributed by atoms with Crippen molar-refractivity contribution in [2.75, 3.05) is 11.9 Å². The van der Waals surface area contributed by atoms with Crippen molar-refractivity contribution in [1.29, 1.82) is 0 Å². The zero-order valence-electron chi connectivity index (χ0n) is 8.20. The Bertz CT molecular complexity index is 289. The maximum Gasteiger partial charge on any atom is 0.0359 e. The van der Waals surface area contributed by atoms with Gasteiger partial charge in [0.2, 0.25) is 0 Å². The fourth-order valence-electron chi connectivity index (χ4n) is 0.894. The minimum absolute atomic E-state index is 0. The monoisotopic (exact) mass is 232 g/mol. The van der Waals surface area contributed by atoms with Crippen molar-refractivity contribution in [3.63, 3.8) is 0 Å². The van der Waals surface area contributed by atoms with Crippen molar-refractivity contribution >= 4 is 5.69 Å². The number of halogens is 2. The average molecular weight is 232 g/mol. The van der Waals surface area contributed by atoms with Gasteiger partial charge in [0.05, 0.1) is 0 Å². The second kappa shape index (κ2) is 6.15. The van der Waals surface area contributed by atoms with Crippen molar-refractivity contribution < 1.29 is 30.5 Å². The molecule has 1 rings (SSSR count). The standard InChI is InChI=1S/C10H12F2N.Ti/c1-7(2)6-13-10-4-3-8(11)5-9(10)12;/h3-4,7,13H,6H2,1-2H3;/q-1;. The summed E-state index contributed by atoms with van der Waals surface area (Å²) in [5, 5.41) is 2.87. The van der Waals surface area contributed by atoms with Gasteiger partial charge in [0.1, 0.15) is 0 Å². The van der Waals surface area contributed by atoms with Gasteiger partial charge >= 0.3 is 0 Å². The van der Waals surface area contributed by atoms with Gasteiger partial charge in [-0.3, -0.25) is 0 Å². The van der Waals surface area contributed by atoms with Crippen LogP contribution in [0.5, 0.6) is 0 Å². The smallest absolute Gasteiger partial charge is 0.0359 e. The summed E-state index contributed by atoms with van der Waals surface area (Å²) in [4.78, 5) is 0. The summed E-state index contributed by atoms with van der Waals surface area (Å²) >= 11 is 0. The van der Waals surface area contributed by atoms with Gasteiger partial charge in [-0.05, 0) is 11.6 Å². The molecule has 0 aliphatic heterocycles. The van der Waals surface area contributed by atoms with Crippen molar-refractivity contribution in [2.24, 2.45) is 5.92 Å². The van der Waals surface area contributed by atoms with Gasteiger partial charge in [-0.2, -0.15) is 0 Å². The van der Waals surface area contributed by atoms with Gasteiger partial charge in [-0.25, -0.2) is 8.78 Å². The number of hydrogen-bond donors (Lipinski definition) is 1. The summed E-state index contributed by atoms with van der Waals surface area (Å²) in [5.74, 6) is -0.919. The van der Waals surface area contributed by atoms with E-state index in [1.807, 2.05) is 19.9 Å². The molecule has 0 heterocycles. The molecule has 1 aromatic carbocycles. The summed E-state index contributed by atoms with van der Waals surface area (Å²) in [6.07, 6.45) is 0. The molecule has 0 aliphatic carbocycles. The number of hydrogen-bond acceptors (Lipinski definition) is 1. The van der Waals surface area contributed by atoms with Gasteiger partial charge < -0.3 is 5.32 Å². The molecule has 1 aromatic rings. The zero-order chi connectivity index (χ0) is 9.84. The molecular formula is C10H12F2NTi-. The van der Waals surface area contributed by atoms with Crippen LogP contribution in [0.1, 0.15) is 13.8 Å². The molecule has 0 fully saturated rings. The molecular weight excluding hydrogens is 220 g/mol. The molecule has 0 amide bonds. The van der Waals surface area contributed by atoms with E-state index in [4.69, 9.17) is 0 Å². The molecule has 0 aliphatic rings. The van der Waals surface area contributed by atoms with E-state index in [2.05, 4.69) is 5.32 Å². The van der Waals surface area contributed by atoms with Gasteiger partial charge in [-0.15, -0.1) is 18.2 Å². The summed E-state index contributed by atoms with van der Waals surface area (Å²) < 4.78 is 25.4. The molecule has 0 aromatic heterocycles. The molecule has 0 atom stereocenters. The van der Waals surface area contributed by atoms with Crippen LogP contribution in [0, 0.1) is 23.6 Å². The maximum atomic E-state index is 12.9. The van der Waals surface area contributed by atoms with E-state index in [0.29, 0.717) is 18.2 Å².